The lowest BCUT2D eigenvalue weighted by Gasteiger charge is -2.38. The predicted molar refractivity (Wildman–Crippen MR) is 122 cm³/mol. The molecular formula is C23H25N7O. The van der Waals surface area contributed by atoms with E-state index in [-0.39, 0.29) is 5.91 Å². The fourth-order valence-electron chi connectivity index (χ4n) is 4.48. The van der Waals surface area contributed by atoms with Gasteiger partial charge in [-0.15, -0.1) is 0 Å². The Morgan fingerprint density at radius 2 is 1.81 bits per heavy atom. The summed E-state index contributed by atoms with van der Waals surface area (Å²) in [4.78, 5) is 24.7. The summed E-state index contributed by atoms with van der Waals surface area (Å²) in [5.41, 5.74) is 4.55. The minimum absolute atomic E-state index is 0.213. The van der Waals surface area contributed by atoms with Crippen LogP contribution in [0.15, 0.2) is 48.9 Å². The van der Waals surface area contributed by atoms with Crippen molar-refractivity contribution in [2.45, 2.75) is 25.9 Å². The average molecular weight is 416 g/mol. The lowest BCUT2D eigenvalue weighted by molar-refractivity contribution is 0.102. The fourth-order valence-corrected chi connectivity index (χ4v) is 4.48. The minimum atomic E-state index is -0.213. The summed E-state index contributed by atoms with van der Waals surface area (Å²) in [7, 11) is 1.88. The summed E-state index contributed by atoms with van der Waals surface area (Å²) < 4.78 is 1.79. The van der Waals surface area contributed by atoms with Crippen LogP contribution in [0.2, 0.25) is 0 Å². The minimum Gasteiger partial charge on any atom is -0.367 e. The highest BCUT2D eigenvalue weighted by atomic mass is 16.1. The Morgan fingerprint density at radius 3 is 2.58 bits per heavy atom. The number of aryl methyl sites for hydroxylation is 1. The van der Waals surface area contributed by atoms with Crippen LogP contribution >= 0.6 is 0 Å². The lowest BCUT2D eigenvalue weighted by atomic mass is 10.1. The van der Waals surface area contributed by atoms with E-state index in [2.05, 4.69) is 44.4 Å². The Kier molecular flexibility index (Phi) is 4.78. The number of fused-ring (bicyclic) bond motifs is 2. The van der Waals surface area contributed by atoms with E-state index >= 15 is 0 Å². The molecule has 3 heterocycles. The Hall–Kier alpha value is -3.52. The zero-order valence-electron chi connectivity index (χ0n) is 17.8. The van der Waals surface area contributed by atoms with Gasteiger partial charge in [-0.1, -0.05) is 6.07 Å². The van der Waals surface area contributed by atoms with Crippen LogP contribution in [-0.2, 0) is 7.05 Å². The molecule has 5 rings (SSSR count). The van der Waals surface area contributed by atoms with Gasteiger partial charge in [-0.25, -0.2) is 0 Å². The fraction of sp³-hybridized carbons (Fsp3) is 0.304. The van der Waals surface area contributed by atoms with E-state index in [1.54, 1.807) is 23.3 Å². The van der Waals surface area contributed by atoms with Gasteiger partial charge in [0.1, 0.15) is 11.0 Å². The van der Waals surface area contributed by atoms with Gasteiger partial charge in [0, 0.05) is 50.0 Å². The highest BCUT2D eigenvalue weighted by Gasteiger charge is 2.24. The molecule has 1 aliphatic heterocycles. The number of piperazine rings is 1. The Balaban J connectivity index is 1.52. The molecule has 0 radical (unpaired) electrons. The van der Waals surface area contributed by atoms with Gasteiger partial charge in [-0.2, -0.15) is 5.10 Å². The zero-order chi connectivity index (χ0) is 21.5. The van der Waals surface area contributed by atoms with Crippen LogP contribution < -0.4 is 15.5 Å². The molecule has 4 aromatic rings. The molecule has 2 atom stereocenters. The molecule has 2 N–H and O–H groups in total. The van der Waals surface area contributed by atoms with Crippen molar-refractivity contribution in [2.24, 2.45) is 7.05 Å². The van der Waals surface area contributed by atoms with Crippen molar-refractivity contribution in [2.75, 3.05) is 23.3 Å². The highest BCUT2D eigenvalue weighted by molar-refractivity contribution is 6.15. The largest absolute Gasteiger partial charge is 0.367 e. The first kappa shape index (κ1) is 19.4. The first-order valence-electron chi connectivity index (χ1n) is 10.5. The van der Waals surface area contributed by atoms with Crippen LogP contribution in [0.25, 0.3) is 21.9 Å². The second-order valence-corrected chi connectivity index (χ2v) is 8.22. The molecular weight excluding hydrogens is 390 g/mol. The molecule has 0 bridgehead atoms. The summed E-state index contributed by atoms with van der Waals surface area (Å²) in [6, 6.07) is 10.4. The van der Waals surface area contributed by atoms with E-state index in [0.717, 1.165) is 40.9 Å². The number of carbonyl (C=O) groups is 1. The van der Waals surface area contributed by atoms with Gasteiger partial charge in [0.05, 0.1) is 28.7 Å². The number of anilines is 2. The Labute approximate surface area is 180 Å². The van der Waals surface area contributed by atoms with Crippen molar-refractivity contribution in [3.63, 3.8) is 0 Å². The average Bonchev–Trinajstić information content (AvgIpc) is 3.14. The first-order valence-corrected chi connectivity index (χ1v) is 10.5. The van der Waals surface area contributed by atoms with Crippen molar-refractivity contribution in [3.8, 4) is 0 Å². The van der Waals surface area contributed by atoms with E-state index in [0.29, 0.717) is 23.2 Å². The number of aromatic nitrogens is 4. The number of hydrogen-bond donors (Lipinski definition) is 2. The maximum absolute atomic E-state index is 13.2. The Bertz CT molecular complexity index is 1270. The summed E-state index contributed by atoms with van der Waals surface area (Å²) in [6.45, 7) is 6.11. The van der Waals surface area contributed by atoms with Crippen molar-refractivity contribution in [3.05, 3.63) is 54.5 Å². The van der Waals surface area contributed by atoms with Gasteiger partial charge in [0.25, 0.3) is 5.91 Å². The molecule has 1 aliphatic rings. The van der Waals surface area contributed by atoms with E-state index in [9.17, 15) is 4.79 Å². The summed E-state index contributed by atoms with van der Waals surface area (Å²) in [6.07, 6.45) is 5.07. The molecule has 0 aliphatic carbocycles. The van der Waals surface area contributed by atoms with Gasteiger partial charge >= 0.3 is 0 Å². The molecule has 1 saturated heterocycles. The van der Waals surface area contributed by atoms with E-state index < -0.39 is 0 Å². The molecule has 31 heavy (non-hydrogen) atoms. The second kappa shape index (κ2) is 7.63. The molecule has 0 saturated carbocycles. The molecule has 8 heteroatoms. The third-order valence-electron chi connectivity index (χ3n) is 5.79. The van der Waals surface area contributed by atoms with Crippen molar-refractivity contribution in [1.29, 1.82) is 0 Å². The van der Waals surface area contributed by atoms with E-state index in [1.165, 1.54) is 0 Å². The maximum Gasteiger partial charge on any atom is 0.257 e. The van der Waals surface area contributed by atoms with E-state index in [4.69, 9.17) is 0 Å². The molecule has 2 aromatic carbocycles. The predicted octanol–water partition coefficient (Wildman–Crippen LogP) is 2.96. The molecule has 158 valence electrons. The number of hydrogen-bond acceptors (Lipinski definition) is 6. The Morgan fingerprint density at radius 1 is 1.06 bits per heavy atom. The number of carbonyl (C=O) groups excluding carboxylic acids is 1. The van der Waals surface area contributed by atoms with Gasteiger partial charge in [0.2, 0.25) is 0 Å². The zero-order valence-corrected chi connectivity index (χ0v) is 17.8. The highest BCUT2D eigenvalue weighted by Crippen LogP contribution is 2.29. The number of nitrogens with one attached hydrogen (secondary N) is 2. The number of benzene rings is 2. The normalized spacial score (nSPS) is 19.1. The monoisotopic (exact) mass is 415 g/mol. The molecule has 2 unspecified atom stereocenters. The number of nitrogens with zero attached hydrogens (tertiary/aromatic N) is 5. The molecule has 8 nitrogen and oxygen atoms in total. The van der Waals surface area contributed by atoms with Gasteiger partial charge in [0.15, 0.2) is 0 Å². The standard InChI is InChI=1S/C23H25N7O/c1-14-12-30(13-15(2)27-14)20-8-7-16(21-22(20)25-10-9-24-21)23(31)28-18-5-4-6-19-17(18)11-26-29(19)3/h4-11,14-15,27H,12-13H2,1-3H3,(H,28,31). The van der Waals surface area contributed by atoms with Gasteiger partial charge < -0.3 is 15.5 Å². The van der Waals surface area contributed by atoms with Crippen LogP contribution in [0.1, 0.15) is 24.2 Å². The SMILES string of the molecule is CC1CN(c2ccc(C(=O)Nc3cccc4c3cnn4C)c3nccnc23)CC(C)N1. The molecule has 1 fully saturated rings. The quantitative estimate of drug-likeness (QED) is 0.535. The first-order chi connectivity index (χ1) is 15.0. The molecule has 0 spiro atoms. The van der Waals surface area contributed by atoms with Crippen LogP contribution in [0, 0.1) is 0 Å². The summed E-state index contributed by atoms with van der Waals surface area (Å²) >= 11 is 0. The van der Waals surface area contributed by atoms with Crippen LogP contribution in [-0.4, -0.2) is 50.8 Å². The second-order valence-electron chi connectivity index (χ2n) is 8.22. The third kappa shape index (κ3) is 3.48. The smallest absolute Gasteiger partial charge is 0.257 e. The lowest BCUT2D eigenvalue weighted by Crippen LogP contribution is -2.54. The van der Waals surface area contributed by atoms with Crippen molar-refractivity contribution < 1.29 is 4.79 Å². The van der Waals surface area contributed by atoms with Crippen molar-refractivity contribution in [1.82, 2.24) is 25.1 Å². The van der Waals surface area contributed by atoms with Crippen LogP contribution in [0.5, 0.6) is 0 Å². The van der Waals surface area contributed by atoms with Gasteiger partial charge in [-0.05, 0) is 38.1 Å². The van der Waals surface area contributed by atoms with Gasteiger partial charge in [-0.3, -0.25) is 19.4 Å². The summed E-state index contributed by atoms with van der Waals surface area (Å²) in [5.74, 6) is -0.213. The topological polar surface area (TPSA) is 88.0 Å². The van der Waals surface area contributed by atoms with Crippen LogP contribution in [0.4, 0.5) is 11.4 Å². The number of rotatable bonds is 3. The number of amides is 1. The van der Waals surface area contributed by atoms with E-state index in [1.807, 2.05) is 37.4 Å². The van der Waals surface area contributed by atoms with Crippen LogP contribution in [0.3, 0.4) is 0 Å². The maximum atomic E-state index is 13.2. The third-order valence-corrected chi connectivity index (χ3v) is 5.79. The van der Waals surface area contributed by atoms with Crippen molar-refractivity contribution >= 4 is 39.2 Å². The molecule has 2 aromatic heterocycles. The molecule has 1 amide bonds. The summed E-state index contributed by atoms with van der Waals surface area (Å²) in [5, 5.41) is 11.8.